The molecule has 5 rings (SSSR count). The summed E-state index contributed by atoms with van der Waals surface area (Å²) in [6.07, 6.45) is 4.86. The van der Waals surface area contributed by atoms with Crippen molar-refractivity contribution < 1.29 is 4.39 Å². The summed E-state index contributed by atoms with van der Waals surface area (Å²) in [6.45, 7) is 1.65. The van der Waals surface area contributed by atoms with E-state index in [9.17, 15) is 4.39 Å². The summed E-state index contributed by atoms with van der Waals surface area (Å²) in [5, 5.41) is 1.14. The number of fused-ring (bicyclic) bond motifs is 1. The van der Waals surface area contributed by atoms with Crippen molar-refractivity contribution in [3.05, 3.63) is 78.8 Å². The SMILES string of the molecule is Fc1ccc(-c2nccnc2C2CN(c3ccc4ccccc4n3)C2)cn1. The van der Waals surface area contributed by atoms with Gasteiger partial charge in [-0.1, -0.05) is 18.2 Å². The largest absolute Gasteiger partial charge is 0.355 e. The number of nitrogens with zero attached hydrogens (tertiary/aromatic N) is 5. The van der Waals surface area contributed by atoms with Gasteiger partial charge in [-0.2, -0.15) is 4.39 Å². The van der Waals surface area contributed by atoms with Crippen LogP contribution in [0.4, 0.5) is 10.2 Å². The Balaban J connectivity index is 1.39. The number of halogens is 1. The Morgan fingerprint density at radius 3 is 2.59 bits per heavy atom. The Morgan fingerprint density at radius 2 is 1.74 bits per heavy atom. The first kappa shape index (κ1) is 15.8. The van der Waals surface area contributed by atoms with E-state index in [0.717, 1.165) is 46.8 Å². The molecule has 5 nitrogen and oxygen atoms in total. The Kier molecular flexibility index (Phi) is 3.74. The zero-order valence-electron chi connectivity index (χ0n) is 14.5. The molecule has 4 heterocycles. The molecule has 0 N–H and O–H groups in total. The van der Waals surface area contributed by atoms with Crippen LogP contribution in [0.1, 0.15) is 11.6 Å². The van der Waals surface area contributed by atoms with Crippen LogP contribution in [0, 0.1) is 5.95 Å². The summed E-state index contributed by atoms with van der Waals surface area (Å²) in [4.78, 5) is 19.7. The predicted molar refractivity (Wildman–Crippen MR) is 102 cm³/mol. The van der Waals surface area contributed by atoms with Crippen molar-refractivity contribution >= 4 is 16.7 Å². The number of hydrogen-bond acceptors (Lipinski definition) is 5. The smallest absolute Gasteiger partial charge is 0.212 e. The first-order chi connectivity index (χ1) is 13.3. The van der Waals surface area contributed by atoms with E-state index in [1.165, 1.54) is 12.3 Å². The summed E-state index contributed by atoms with van der Waals surface area (Å²) in [5.41, 5.74) is 3.46. The standard InChI is InChI=1S/C21H16FN5/c22-18-7-5-15(11-25-18)20-21(24-10-9-23-20)16-12-27(13-16)19-8-6-14-3-1-2-4-17(14)26-19/h1-11,16H,12-13H2. The van der Waals surface area contributed by atoms with E-state index >= 15 is 0 Å². The highest BCUT2D eigenvalue weighted by Gasteiger charge is 2.32. The molecule has 0 amide bonds. The van der Waals surface area contributed by atoms with E-state index in [0.29, 0.717) is 0 Å². The van der Waals surface area contributed by atoms with E-state index < -0.39 is 5.95 Å². The zero-order chi connectivity index (χ0) is 18.2. The number of rotatable bonds is 3. The topological polar surface area (TPSA) is 54.8 Å². The number of pyridine rings is 2. The molecule has 4 aromatic rings. The molecule has 0 saturated carbocycles. The molecule has 6 heteroatoms. The summed E-state index contributed by atoms with van der Waals surface area (Å²) in [7, 11) is 0. The highest BCUT2D eigenvalue weighted by molar-refractivity contribution is 5.80. The second kappa shape index (κ2) is 6.39. The third kappa shape index (κ3) is 2.89. The first-order valence-electron chi connectivity index (χ1n) is 8.81. The van der Waals surface area contributed by atoms with Crippen molar-refractivity contribution in [3.63, 3.8) is 0 Å². The maximum atomic E-state index is 13.1. The van der Waals surface area contributed by atoms with Crippen LogP contribution in [0.5, 0.6) is 0 Å². The van der Waals surface area contributed by atoms with Crippen molar-refractivity contribution in [2.24, 2.45) is 0 Å². The second-order valence-electron chi connectivity index (χ2n) is 6.62. The fraction of sp³-hybridized carbons (Fsp3) is 0.143. The summed E-state index contributed by atoms with van der Waals surface area (Å²) >= 11 is 0. The Labute approximate surface area is 155 Å². The van der Waals surface area contributed by atoms with E-state index in [2.05, 4.69) is 38.1 Å². The molecule has 0 radical (unpaired) electrons. The highest BCUT2D eigenvalue weighted by Crippen LogP contribution is 2.34. The molecule has 0 bridgehead atoms. The van der Waals surface area contributed by atoms with Crippen molar-refractivity contribution in [3.8, 4) is 11.3 Å². The van der Waals surface area contributed by atoms with Gasteiger partial charge in [-0.15, -0.1) is 0 Å². The van der Waals surface area contributed by atoms with E-state index in [1.807, 2.05) is 18.2 Å². The number of para-hydroxylation sites is 1. The Hall–Kier alpha value is -3.41. The van der Waals surface area contributed by atoms with Crippen LogP contribution in [0.2, 0.25) is 0 Å². The average molecular weight is 357 g/mol. The molecule has 132 valence electrons. The number of aromatic nitrogens is 4. The van der Waals surface area contributed by atoms with Gasteiger partial charge in [0, 0.05) is 48.5 Å². The van der Waals surface area contributed by atoms with Crippen molar-refractivity contribution in [1.29, 1.82) is 0 Å². The quantitative estimate of drug-likeness (QED) is 0.522. The van der Waals surface area contributed by atoms with Gasteiger partial charge in [0.15, 0.2) is 0 Å². The van der Waals surface area contributed by atoms with E-state index in [1.54, 1.807) is 18.5 Å². The normalized spacial score (nSPS) is 14.3. The minimum absolute atomic E-state index is 0.257. The van der Waals surface area contributed by atoms with Crippen LogP contribution in [-0.4, -0.2) is 33.0 Å². The fourth-order valence-electron chi connectivity index (χ4n) is 3.46. The van der Waals surface area contributed by atoms with Crippen LogP contribution in [0.25, 0.3) is 22.2 Å². The molecule has 0 atom stereocenters. The van der Waals surface area contributed by atoms with E-state index in [4.69, 9.17) is 4.98 Å². The van der Waals surface area contributed by atoms with Crippen LogP contribution < -0.4 is 4.90 Å². The van der Waals surface area contributed by atoms with Gasteiger partial charge in [0.2, 0.25) is 5.95 Å². The van der Waals surface area contributed by atoms with Gasteiger partial charge in [-0.05, 0) is 30.3 Å². The maximum Gasteiger partial charge on any atom is 0.212 e. The number of benzene rings is 1. The maximum absolute atomic E-state index is 13.1. The molecule has 1 saturated heterocycles. The highest BCUT2D eigenvalue weighted by atomic mass is 19.1. The summed E-state index contributed by atoms with van der Waals surface area (Å²) < 4.78 is 13.1. The first-order valence-corrected chi connectivity index (χ1v) is 8.81. The Bertz CT molecular complexity index is 1110. The molecule has 1 aliphatic rings. The lowest BCUT2D eigenvalue weighted by Crippen LogP contribution is -2.46. The molecule has 27 heavy (non-hydrogen) atoms. The van der Waals surface area contributed by atoms with Gasteiger partial charge >= 0.3 is 0 Å². The lowest BCUT2D eigenvalue weighted by atomic mass is 9.92. The molecule has 3 aromatic heterocycles. The second-order valence-corrected chi connectivity index (χ2v) is 6.62. The third-order valence-corrected chi connectivity index (χ3v) is 4.90. The molecular weight excluding hydrogens is 341 g/mol. The van der Waals surface area contributed by atoms with Crippen LogP contribution in [0.3, 0.4) is 0 Å². The molecular formula is C21H16FN5. The van der Waals surface area contributed by atoms with Crippen LogP contribution >= 0.6 is 0 Å². The monoisotopic (exact) mass is 357 g/mol. The fourth-order valence-corrected chi connectivity index (χ4v) is 3.46. The van der Waals surface area contributed by atoms with Gasteiger partial charge in [-0.3, -0.25) is 9.97 Å². The predicted octanol–water partition coefficient (Wildman–Crippen LogP) is 3.83. The molecule has 1 aromatic carbocycles. The van der Waals surface area contributed by atoms with Crippen molar-refractivity contribution in [1.82, 2.24) is 19.9 Å². The van der Waals surface area contributed by atoms with Gasteiger partial charge in [0.25, 0.3) is 0 Å². The van der Waals surface area contributed by atoms with Gasteiger partial charge in [0.1, 0.15) is 5.82 Å². The molecule has 0 unspecified atom stereocenters. The third-order valence-electron chi connectivity index (χ3n) is 4.90. The summed E-state index contributed by atoms with van der Waals surface area (Å²) in [6, 6.07) is 15.3. The number of hydrogen-bond donors (Lipinski definition) is 0. The lowest BCUT2D eigenvalue weighted by Gasteiger charge is -2.40. The van der Waals surface area contributed by atoms with Crippen molar-refractivity contribution in [2.45, 2.75) is 5.92 Å². The van der Waals surface area contributed by atoms with Gasteiger partial charge in [0.05, 0.1) is 16.9 Å². The van der Waals surface area contributed by atoms with Gasteiger partial charge < -0.3 is 4.90 Å². The minimum atomic E-state index is -0.499. The number of anilines is 1. The summed E-state index contributed by atoms with van der Waals surface area (Å²) in [5.74, 6) is 0.729. The zero-order valence-corrected chi connectivity index (χ0v) is 14.5. The van der Waals surface area contributed by atoms with E-state index in [-0.39, 0.29) is 5.92 Å². The van der Waals surface area contributed by atoms with Crippen LogP contribution in [-0.2, 0) is 0 Å². The lowest BCUT2D eigenvalue weighted by molar-refractivity contribution is 0.509. The average Bonchev–Trinajstić information content (AvgIpc) is 2.68. The van der Waals surface area contributed by atoms with Crippen molar-refractivity contribution in [2.75, 3.05) is 18.0 Å². The molecule has 0 spiro atoms. The van der Waals surface area contributed by atoms with Crippen LogP contribution in [0.15, 0.2) is 67.1 Å². The molecule has 0 aliphatic carbocycles. The molecule has 1 aliphatic heterocycles. The minimum Gasteiger partial charge on any atom is -0.355 e. The molecule has 1 fully saturated rings. The van der Waals surface area contributed by atoms with Gasteiger partial charge in [-0.25, -0.2) is 9.97 Å². The Morgan fingerprint density at radius 1 is 0.889 bits per heavy atom.